The van der Waals surface area contributed by atoms with E-state index in [9.17, 15) is 18.0 Å². The summed E-state index contributed by atoms with van der Waals surface area (Å²) in [5, 5.41) is 0.469. The zero-order valence-electron chi connectivity index (χ0n) is 14.0. The van der Waals surface area contributed by atoms with E-state index < -0.39 is 10.0 Å². The number of carbonyl (C=O) groups excluding carboxylic acids is 2. The molecule has 1 aromatic carbocycles. The molecule has 7 nitrogen and oxygen atoms in total. The molecule has 2 rings (SSSR count). The lowest BCUT2D eigenvalue weighted by Gasteiger charge is -2.24. The van der Waals surface area contributed by atoms with Gasteiger partial charge in [-0.3, -0.25) is 14.5 Å². The first kappa shape index (κ1) is 20.2. The number of nitrogens with zero attached hydrogens (tertiary/aromatic N) is 1. The fourth-order valence-electron chi connectivity index (χ4n) is 2.27. The van der Waals surface area contributed by atoms with Gasteiger partial charge in [-0.25, -0.2) is 13.1 Å². The second-order valence-corrected chi connectivity index (χ2v) is 7.84. The third-order valence-electron chi connectivity index (χ3n) is 3.61. The van der Waals surface area contributed by atoms with E-state index in [0.29, 0.717) is 17.2 Å². The van der Waals surface area contributed by atoms with E-state index in [-0.39, 0.29) is 50.1 Å². The van der Waals surface area contributed by atoms with Gasteiger partial charge >= 0.3 is 0 Å². The van der Waals surface area contributed by atoms with E-state index >= 15 is 0 Å². The molecule has 1 aliphatic rings. The molecule has 0 spiro atoms. The van der Waals surface area contributed by atoms with Crippen molar-refractivity contribution < 1.29 is 22.7 Å². The van der Waals surface area contributed by atoms with Crippen molar-refractivity contribution in [2.45, 2.75) is 19.3 Å². The van der Waals surface area contributed by atoms with Gasteiger partial charge in [-0.05, 0) is 18.6 Å². The third-order valence-corrected chi connectivity index (χ3v) is 5.23. The first-order valence-corrected chi connectivity index (χ1v) is 10.1. The Morgan fingerprint density at radius 3 is 2.54 bits per heavy atom. The number of para-hydroxylation sites is 1. The summed E-state index contributed by atoms with van der Waals surface area (Å²) in [7, 11) is -3.63. The molecule has 0 atom stereocenters. The van der Waals surface area contributed by atoms with Crippen molar-refractivity contribution in [3.8, 4) is 17.6 Å². The zero-order chi connectivity index (χ0) is 19.0. The molecule has 1 aromatic rings. The lowest BCUT2D eigenvalue weighted by Crippen LogP contribution is -2.44. The van der Waals surface area contributed by atoms with Gasteiger partial charge in [0.2, 0.25) is 21.8 Å². The Labute approximate surface area is 157 Å². The maximum Gasteiger partial charge on any atom is 0.229 e. The molecule has 0 radical (unpaired) electrons. The number of benzene rings is 1. The monoisotopic (exact) mass is 398 g/mol. The van der Waals surface area contributed by atoms with Crippen molar-refractivity contribution in [2.75, 3.05) is 25.4 Å². The number of halogens is 1. The Balaban J connectivity index is 1.72. The summed E-state index contributed by atoms with van der Waals surface area (Å²) in [6, 6.07) is 6.95. The molecule has 2 amide bonds. The lowest BCUT2D eigenvalue weighted by molar-refractivity contribution is -0.147. The fourth-order valence-corrected chi connectivity index (χ4v) is 3.32. The summed E-state index contributed by atoms with van der Waals surface area (Å²) in [5.41, 5.74) is 0. The highest BCUT2D eigenvalue weighted by Crippen LogP contribution is 2.22. The number of hydrogen-bond acceptors (Lipinski definition) is 5. The van der Waals surface area contributed by atoms with Crippen LogP contribution in [0.15, 0.2) is 24.3 Å². The SMILES string of the molecule is O=C1CCCC(=O)N1CCS(=O)(=O)NCC#CCOc1ccccc1Cl. The van der Waals surface area contributed by atoms with E-state index in [2.05, 4.69) is 16.6 Å². The topological polar surface area (TPSA) is 92.8 Å². The second-order valence-electron chi connectivity index (χ2n) is 5.51. The molecule has 1 heterocycles. The minimum atomic E-state index is -3.63. The van der Waals surface area contributed by atoms with Crippen LogP contribution in [0, 0.1) is 11.8 Å². The summed E-state index contributed by atoms with van der Waals surface area (Å²) in [6.07, 6.45) is 1.07. The molecule has 0 saturated carbocycles. The van der Waals surface area contributed by atoms with Crippen molar-refractivity contribution >= 4 is 33.4 Å². The maximum absolute atomic E-state index is 11.9. The highest BCUT2D eigenvalue weighted by molar-refractivity contribution is 7.89. The van der Waals surface area contributed by atoms with E-state index in [1.165, 1.54) is 0 Å². The van der Waals surface area contributed by atoms with Crippen molar-refractivity contribution in [1.29, 1.82) is 0 Å². The molecule has 0 aliphatic carbocycles. The van der Waals surface area contributed by atoms with E-state index in [0.717, 1.165) is 4.90 Å². The number of likely N-dealkylation sites (tertiary alicyclic amines) is 1. The quantitative estimate of drug-likeness (QED) is 0.550. The van der Waals surface area contributed by atoms with Gasteiger partial charge < -0.3 is 4.74 Å². The average molecular weight is 399 g/mol. The van der Waals surface area contributed by atoms with Gasteiger partial charge in [0.25, 0.3) is 0 Å². The Kier molecular flexibility index (Phi) is 7.45. The molecular weight excluding hydrogens is 380 g/mol. The maximum atomic E-state index is 11.9. The van der Waals surface area contributed by atoms with Gasteiger partial charge in [0.1, 0.15) is 12.4 Å². The summed E-state index contributed by atoms with van der Waals surface area (Å²) < 4.78 is 31.5. The smallest absolute Gasteiger partial charge is 0.229 e. The Hall–Kier alpha value is -2.08. The van der Waals surface area contributed by atoms with Crippen LogP contribution in [0.4, 0.5) is 0 Å². The van der Waals surface area contributed by atoms with Crippen LogP contribution >= 0.6 is 11.6 Å². The van der Waals surface area contributed by atoms with Crippen LogP contribution in [0.2, 0.25) is 5.02 Å². The van der Waals surface area contributed by atoms with Crippen molar-refractivity contribution in [2.24, 2.45) is 0 Å². The summed E-state index contributed by atoms with van der Waals surface area (Å²) in [6.45, 7) is -0.158. The number of piperidine rings is 1. The fraction of sp³-hybridized carbons (Fsp3) is 0.412. The Bertz CT molecular complexity index is 813. The van der Waals surface area contributed by atoms with Crippen molar-refractivity contribution in [1.82, 2.24) is 9.62 Å². The first-order valence-electron chi connectivity index (χ1n) is 8.02. The number of ether oxygens (including phenoxy) is 1. The molecule has 0 unspecified atom stereocenters. The normalized spacial score (nSPS) is 14.7. The highest BCUT2D eigenvalue weighted by atomic mass is 35.5. The largest absolute Gasteiger partial charge is 0.479 e. The zero-order valence-corrected chi connectivity index (χ0v) is 15.6. The number of imide groups is 1. The molecule has 26 heavy (non-hydrogen) atoms. The Morgan fingerprint density at radius 1 is 1.15 bits per heavy atom. The van der Waals surface area contributed by atoms with Crippen LogP contribution in [0.25, 0.3) is 0 Å². The summed E-state index contributed by atoms with van der Waals surface area (Å²) in [5.74, 6) is 4.81. The molecule has 0 bridgehead atoms. The summed E-state index contributed by atoms with van der Waals surface area (Å²) >= 11 is 5.93. The predicted octanol–water partition coefficient (Wildman–Crippen LogP) is 1.18. The van der Waals surface area contributed by atoms with E-state index in [1.54, 1.807) is 24.3 Å². The van der Waals surface area contributed by atoms with Crippen LogP contribution in [-0.2, 0) is 19.6 Å². The third kappa shape index (κ3) is 6.33. The van der Waals surface area contributed by atoms with Crippen LogP contribution in [0.1, 0.15) is 19.3 Å². The molecule has 1 fully saturated rings. The van der Waals surface area contributed by atoms with Gasteiger partial charge in [0, 0.05) is 19.4 Å². The highest BCUT2D eigenvalue weighted by Gasteiger charge is 2.26. The number of sulfonamides is 1. The minimum Gasteiger partial charge on any atom is -0.479 e. The van der Waals surface area contributed by atoms with Gasteiger partial charge in [0.05, 0.1) is 17.3 Å². The van der Waals surface area contributed by atoms with Crippen molar-refractivity contribution in [3.63, 3.8) is 0 Å². The van der Waals surface area contributed by atoms with E-state index in [4.69, 9.17) is 16.3 Å². The molecule has 0 aromatic heterocycles. The number of hydrogen-bond donors (Lipinski definition) is 1. The molecular formula is C17H19ClN2O5S. The van der Waals surface area contributed by atoms with Crippen molar-refractivity contribution in [3.05, 3.63) is 29.3 Å². The Morgan fingerprint density at radius 2 is 1.85 bits per heavy atom. The lowest BCUT2D eigenvalue weighted by atomic mass is 10.1. The minimum absolute atomic E-state index is 0.0717. The van der Waals surface area contributed by atoms with Gasteiger partial charge in [-0.2, -0.15) is 0 Å². The number of rotatable bonds is 7. The molecule has 9 heteroatoms. The van der Waals surface area contributed by atoms with Gasteiger partial charge in [-0.15, -0.1) is 0 Å². The molecule has 140 valence electrons. The van der Waals surface area contributed by atoms with Crippen LogP contribution < -0.4 is 9.46 Å². The summed E-state index contributed by atoms with van der Waals surface area (Å²) in [4.78, 5) is 24.3. The van der Waals surface area contributed by atoms with Gasteiger partial charge in [0.15, 0.2) is 0 Å². The first-order chi connectivity index (χ1) is 12.4. The average Bonchev–Trinajstić information content (AvgIpc) is 2.59. The van der Waals surface area contributed by atoms with E-state index in [1.807, 2.05) is 0 Å². The second kappa shape index (κ2) is 9.57. The van der Waals surface area contributed by atoms with Crippen LogP contribution in [0.5, 0.6) is 5.75 Å². The number of carbonyl (C=O) groups is 2. The molecule has 1 aliphatic heterocycles. The standard InChI is InChI=1S/C17H19ClN2O5S/c18-14-6-1-2-7-15(14)25-12-4-3-10-19-26(23,24)13-11-20-16(21)8-5-9-17(20)22/h1-2,6-7,19H,5,8-13H2. The molecule has 1 N–H and O–H groups in total. The van der Waals surface area contributed by atoms with Gasteiger partial charge in [-0.1, -0.05) is 35.6 Å². The number of amides is 2. The van der Waals surface area contributed by atoms with Crippen LogP contribution in [-0.4, -0.2) is 50.6 Å². The molecule has 1 saturated heterocycles. The predicted molar refractivity (Wildman–Crippen MR) is 97.1 cm³/mol. The van der Waals surface area contributed by atoms with Crippen LogP contribution in [0.3, 0.4) is 0 Å². The number of nitrogens with one attached hydrogen (secondary N) is 1.